The Kier molecular flexibility index (Phi) is 7.39. The first kappa shape index (κ1) is 16.1. The van der Waals surface area contributed by atoms with E-state index < -0.39 is 0 Å². The molecule has 88 valence electrons. The van der Waals surface area contributed by atoms with Crippen LogP contribution in [0.5, 0.6) is 0 Å². The van der Waals surface area contributed by atoms with Crippen molar-refractivity contribution >= 4 is 67.1 Å². The molecule has 1 aliphatic heterocycles. The molecule has 1 aromatic carbocycles. The summed E-state index contributed by atoms with van der Waals surface area (Å²) >= 11 is 1.75. The third kappa shape index (κ3) is 3.77. The Morgan fingerprint density at radius 1 is 1.44 bits per heavy atom. The van der Waals surface area contributed by atoms with Crippen molar-refractivity contribution in [2.24, 2.45) is 0 Å². The fraction of sp³-hybridized carbons (Fsp3) is 0.286. The van der Waals surface area contributed by atoms with Crippen LogP contribution in [0.4, 0.5) is 0 Å². The summed E-state index contributed by atoms with van der Waals surface area (Å²) < 4.78 is 0. The van der Waals surface area contributed by atoms with E-state index in [-0.39, 0.29) is 60.3 Å². The van der Waals surface area contributed by atoms with Gasteiger partial charge in [0.1, 0.15) is 0 Å². The number of amides is 1. The minimum atomic E-state index is 0. The largest absolute Gasteiger partial charge is 2.00 e. The third-order valence-electron chi connectivity index (χ3n) is 2.64. The molecule has 2 atom stereocenters. The predicted molar refractivity (Wildman–Crippen MR) is 76.5 cm³/mol. The Labute approximate surface area is 153 Å². The second kappa shape index (κ2) is 8.26. The first-order valence-corrected chi connectivity index (χ1v) is 6.50. The summed E-state index contributed by atoms with van der Waals surface area (Å²) in [4.78, 5) is 12.8. The molecule has 1 fully saturated rings. The van der Waals surface area contributed by atoms with Gasteiger partial charge in [-0.25, -0.2) is 0 Å². The molecule has 1 aromatic rings. The molecule has 4 heteroatoms. The van der Waals surface area contributed by atoms with Crippen molar-refractivity contribution in [3.63, 3.8) is 0 Å². The second-order valence-electron chi connectivity index (χ2n) is 3.72. The molecule has 1 amide bonds. The maximum atomic E-state index is 11.1. The van der Waals surface area contributed by atoms with Crippen LogP contribution in [-0.2, 0) is 4.79 Å². The van der Waals surface area contributed by atoms with Crippen molar-refractivity contribution in [1.29, 1.82) is 0 Å². The van der Waals surface area contributed by atoms with Crippen molar-refractivity contribution in [3.05, 3.63) is 42.3 Å². The molecule has 0 aliphatic carbocycles. The normalized spacial score (nSPS) is 21.5. The van der Waals surface area contributed by atoms with Gasteiger partial charge in [-0.3, -0.25) is 5.92 Å². The number of thioether (sulfide) groups is 1. The first-order valence-electron chi connectivity index (χ1n) is 5.45. The van der Waals surface area contributed by atoms with Gasteiger partial charge in [-0.05, 0) is 11.6 Å². The van der Waals surface area contributed by atoms with Gasteiger partial charge in [-0.2, -0.15) is 12.8 Å². The molecule has 18 heavy (non-hydrogen) atoms. The molecule has 0 N–H and O–H groups in total. The summed E-state index contributed by atoms with van der Waals surface area (Å²) in [6.07, 6.45) is 3.91. The predicted octanol–water partition coefficient (Wildman–Crippen LogP) is 2.02. The van der Waals surface area contributed by atoms with Gasteiger partial charge in [0.05, 0.1) is 5.37 Å². The van der Waals surface area contributed by atoms with Gasteiger partial charge >= 0.3 is 48.9 Å². The minimum Gasteiger partial charge on any atom is -0.520 e. The topological polar surface area (TPSA) is 20.3 Å². The van der Waals surface area contributed by atoms with Crippen molar-refractivity contribution in [2.45, 2.75) is 18.3 Å². The summed E-state index contributed by atoms with van der Waals surface area (Å²) in [5.74, 6) is 6.62. The zero-order valence-electron chi connectivity index (χ0n) is 10.3. The van der Waals surface area contributed by atoms with E-state index >= 15 is 0 Å². The van der Waals surface area contributed by atoms with E-state index in [1.807, 2.05) is 43.2 Å². The van der Waals surface area contributed by atoms with Gasteiger partial charge in [-0.15, -0.1) is 11.8 Å². The van der Waals surface area contributed by atoms with Crippen LogP contribution in [0.2, 0.25) is 0 Å². The molecule has 1 heterocycles. The van der Waals surface area contributed by atoms with Crippen LogP contribution < -0.4 is 0 Å². The Hall–Kier alpha value is 0.0414. The van der Waals surface area contributed by atoms with Crippen LogP contribution in [0.25, 0.3) is 0 Å². The summed E-state index contributed by atoms with van der Waals surface area (Å²) in [6, 6.07) is 10.1. The maximum Gasteiger partial charge on any atom is 2.00 e. The molecule has 2 unspecified atom stereocenters. The van der Waals surface area contributed by atoms with Gasteiger partial charge in [-0.1, -0.05) is 37.3 Å². The Balaban J connectivity index is 0.00000162. The van der Waals surface area contributed by atoms with Crippen LogP contribution in [0.15, 0.2) is 30.3 Å². The van der Waals surface area contributed by atoms with Crippen molar-refractivity contribution in [1.82, 2.24) is 4.90 Å². The number of nitrogens with zero attached hydrogens (tertiary/aromatic N) is 1. The van der Waals surface area contributed by atoms with Crippen LogP contribution in [0, 0.1) is 18.3 Å². The Bertz CT molecular complexity index is 440. The number of carbonyl (C=O) groups excluding carboxylic acids is 1. The molecule has 0 bridgehead atoms. The molecule has 1 saturated heterocycles. The van der Waals surface area contributed by atoms with E-state index in [4.69, 9.17) is 0 Å². The van der Waals surface area contributed by atoms with Crippen LogP contribution in [0.3, 0.4) is 0 Å². The van der Waals surface area contributed by atoms with E-state index in [1.54, 1.807) is 23.6 Å². The number of benzene rings is 1. The van der Waals surface area contributed by atoms with Gasteiger partial charge in [0.2, 0.25) is 0 Å². The second-order valence-corrected chi connectivity index (χ2v) is 4.84. The molecule has 2 rings (SSSR count). The van der Waals surface area contributed by atoms with Crippen LogP contribution >= 0.6 is 11.8 Å². The summed E-state index contributed by atoms with van der Waals surface area (Å²) in [5, 5.41) is 0.0635. The van der Waals surface area contributed by atoms with Crippen molar-refractivity contribution < 1.29 is 4.79 Å². The average Bonchev–Trinajstić information content (AvgIpc) is 2.80. The monoisotopic (exact) mass is 381 g/mol. The Morgan fingerprint density at radius 2 is 2.17 bits per heavy atom. The van der Waals surface area contributed by atoms with E-state index in [1.165, 1.54) is 0 Å². The van der Waals surface area contributed by atoms with Gasteiger partial charge in [0.15, 0.2) is 0 Å². The quantitative estimate of drug-likeness (QED) is 0.454. The van der Waals surface area contributed by atoms with Crippen molar-refractivity contribution in [3.8, 4) is 11.8 Å². The van der Waals surface area contributed by atoms with Gasteiger partial charge in [0, 0.05) is 5.75 Å². The minimum absolute atomic E-state index is 0. The molecule has 0 radical (unpaired) electrons. The van der Waals surface area contributed by atoms with Gasteiger partial charge in [0.25, 0.3) is 0 Å². The fourth-order valence-corrected chi connectivity index (χ4v) is 3.17. The van der Waals surface area contributed by atoms with Crippen molar-refractivity contribution in [2.75, 3.05) is 5.75 Å². The number of rotatable bonds is 3. The summed E-state index contributed by atoms with van der Waals surface area (Å²) in [6.45, 7) is 1.79. The van der Waals surface area contributed by atoms with E-state index in [0.29, 0.717) is 0 Å². The number of hydrogen-bond acceptors (Lipinski definition) is 2. The SMILES string of the molecule is CC#C[CH-]C1CSC(c2ccccc2)N1[C-]=O.[Ba+2]. The maximum absolute atomic E-state index is 11.1. The molecular weight excluding hydrogens is 368 g/mol. The average molecular weight is 381 g/mol. The number of hydrogen-bond donors (Lipinski definition) is 0. The smallest absolute Gasteiger partial charge is 0.520 e. The van der Waals surface area contributed by atoms with E-state index in [2.05, 4.69) is 11.8 Å². The summed E-state index contributed by atoms with van der Waals surface area (Å²) in [5.41, 5.74) is 1.14. The molecule has 2 nitrogen and oxygen atoms in total. The fourth-order valence-electron chi connectivity index (χ4n) is 1.82. The summed E-state index contributed by atoms with van der Waals surface area (Å²) in [7, 11) is 0. The van der Waals surface area contributed by atoms with Crippen LogP contribution in [-0.4, -0.2) is 72.0 Å². The molecule has 0 aromatic heterocycles. The van der Waals surface area contributed by atoms with E-state index in [0.717, 1.165) is 11.3 Å². The molecule has 0 spiro atoms. The standard InChI is InChI=1S/C14H13NOS.Ba/c1-2-3-9-13-10-17-14(15(13)11-16)12-7-5-4-6-8-12;/h4-9,13-14H,10H2,1H3;/q-2;+2. The zero-order chi connectivity index (χ0) is 12.1. The Morgan fingerprint density at radius 3 is 2.78 bits per heavy atom. The molecular formula is C14H13BaNOS. The van der Waals surface area contributed by atoms with E-state index in [9.17, 15) is 4.79 Å². The van der Waals surface area contributed by atoms with Gasteiger partial charge < -0.3 is 15.6 Å². The van der Waals surface area contributed by atoms with Crippen LogP contribution in [0.1, 0.15) is 17.9 Å². The third-order valence-corrected chi connectivity index (χ3v) is 3.99. The first-order chi connectivity index (χ1) is 8.36. The molecule has 1 aliphatic rings. The zero-order valence-corrected chi connectivity index (χ0v) is 15.6. The molecule has 0 saturated carbocycles.